The first-order chi connectivity index (χ1) is 7.74. The van der Waals surface area contributed by atoms with Crippen LogP contribution in [0.15, 0.2) is 39.5 Å². The zero-order chi connectivity index (χ0) is 11.1. The molecular formula is C11H8BrN3O. The fraction of sp³-hybridized carbons (Fsp3) is 0.0909. The third-order valence-electron chi connectivity index (χ3n) is 2.31. The summed E-state index contributed by atoms with van der Waals surface area (Å²) < 4.78 is 8.08. The average Bonchev–Trinajstić information content (AvgIpc) is 2.86. The lowest BCUT2D eigenvalue weighted by molar-refractivity contribution is 0.545. The first kappa shape index (κ1) is 9.59. The van der Waals surface area contributed by atoms with Crippen LogP contribution in [0.1, 0.15) is 5.76 Å². The second kappa shape index (κ2) is 3.45. The van der Waals surface area contributed by atoms with Crippen molar-refractivity contribution in [1.82, 2.24) is 14.6 Å². The fourth-order valence-corrected chi connectivity index (χ4v) is 1.91. The number of imidazole rings is 1. The normalized spacial score (nSPS) is 11.1. The van der Waals surface area contributed by atoms with E-state index in [1.807, 2.05) is 31.2 Å². The zero-order valence-corrected chi connectivity index (χ0v) is 10.1. The van der Waals surface area contributed by atoms with Crippen LogP contribution in [0, 0.1) is 6.92 Å². The molecule has 0 radical (unpaired) electrons. The van der Waals surface area contributed by atoms with Crippen molar-refractivity contribution in [3.63, 3.8) is 0 Å². The minimum atomic E-state index is 0.764. The summed E-state index contributed by atoms with van der Waals surface area (Å²) >= 11 is 3.39. The molecule has 0 aliphatic heterocycles. The van der Waals surface area contributed by atoms with Gasteiger partial charge in [0.05, 0.1) is 6.20 Å². The lowest BCUT2D eigenvalue weighted by Crippen LogP contribution is -1.93. The van der Waals surface area contributed by atoms with Crippen molar-refractivity contribution >= 4 is 21.6 Å². The van der Waals surface area contributed by atoms with Crippen molar-refractivity contribution in [3.8, 4) is 11.5 Å². The highest BCUT2D eigenvalue weighted by Gasteiger charge is 2.07. The Morgan fingerprint density at radius 3 is 2.88 bits per heavy atom. The largest absolute Gasteiger partial charge is 0.460 e. The molecule has 0 atom stereocenters. The van der Waals surface area contributed by atoms with Crippen molar-refractivity contribution in [2.45, 2.75) is 6.92 Å². The SMILES string of the molecule is Cc1ccc(-c2ccc3ncc(Br)n3n2)o1. The fourth-order valence-electron chi connectivity index (χ4n) is 1.55. The Bertz CT molecular complexity index is 656. The van der Waals surface area contributed by atoms with Crippen molar-refractivity contribution in [2.75, 3.05) is 0 Å². The molecule has 0 saturated heterocycles. The Balaban J connectivity index is 2.21. The second-order valence-electron chi connectivity index (χ2n) is 3.48. The van der Waals surface area contributed by atoms with Crippen LogP contribution in [0.2, 0.25) is 0 Å². The molecule has 0 aliphatic rings. The molecule has 0 unspecified atom stereocenters. The van der Waals surface area contributed by atoms with Crippen LogP contribution in [0.5, 0.6) is 0 Å². The smallest absolute Gasteiger partial charge is 0.154 e. The Labute approximate surface area is 100 Å². The molecule has 0 amide bonds. The zero-order valence-electron chi connectivity index (χ0n) is 8.51. The molecular weight excluding hydrogens is 270 g/mol. The predicted octanol–water partition coefficient (Wildman–Crippen LogP) is 3.06. The van der Waals surface area contributed by atoms with Crippen LogP contribution >= 0.6 is 15.9 Å². The highest BCUT2D eigenvalue weighted by Crippen LogP contribution is 2.21. The number of hydrogen-bond donors (Lipinski definition) is 0. The standard InChI is InChI=1S/C11H8BrN3O/c1-7-2-4-9(16-7)8-3-5-11-13-6-10(12)15(11)14-8/h2-6H,1H3. The van der Waals surface area contributed by atoms with Gasteiger partial charge in [0.2, 0.25) is 0 Å². The molecule has 4 nitrogen and oxygen atoms in total. The maximum atomic E-state index is 5.52. The summed E-state index contributed by atoms with van der Waals surface area (Å²) in [5.41, 5.74) is 1.60. The summed E-state index contributed by atoms with van der Waals surface area (Å²) in [4.78, 5) is 4.18. The van der Waals surface area contributed by atoms with E-state index >= 15 is 0 Å². The summed E-state index contributed by atoms with van der Waals surface area (Å²) in [5, 5.41) is 4.43. The molecule has 0 spiro atoms. The van der Waals surface area contributed by atoms with Crippen molar-refractivity contribution in [1.29, 1.82) is 0 Å². The van der Waals surface area contributed by atoms with E-state index in [1.54, 1.807) is 10.7 Å². The van der Waals surface area contributed by atoms with Gasteiger partial charge in [-0.2, -0.15) is 5.10 Å². The van der Waals surface area contributed by atoms with E-state index in [9.17, 15) is 0 Å². The summed E-state index contributed by atoms with van der Waals surface area (Å²) in [7, 11) is 0. The van der Waals surface area contributed by atoms with Gasteiger partial charge in [0.1, 0.15) is 16.1 Å². The molecule has 0 fully saturated rings. The molecule has 5 heteroatoms. The van der Waals surface area contributed by atoms with Crippen LogP contribution in [-0.2, 0) is 0 Å². The van der Waals surface area contributed by atoms with Gasteiger partial charge in [0.25, 0.3) is 0 Å². The molecule has 3 rings (SSSR count). The van der Waals surface area contributed by atoms with E-state index in [-0.39, 0.29) is 0 Å². The summed E-state index contributed by atoms with van der Waals surface area (Å²) in [6.45, 7) is 1.91. The van der Waals surface area contributed by atoms with Gasteiger partial charge >= 0.3 is 0 Å². The van der Waals surface area contributed by atoms with Gasteiger partial charge in [0.15, 0.2) is 11.4 Å². The second-order valence-corrected chi connectivity index (χ2v) is 4.29. The minimum Gasteiger partial charge on any atom is -0.460 e. The highest BCUT2D eigenvalue weighted by molar-refractivity contribution is 9.10. The minimum absolute atomic E-state index is 0.764. The summed E-state index contributed by atoms with van der Waals surface area (Å²) in [6.07, 6.45) is 1.72. The van der Waals surface area contributed by atoms with E-state index in [2.05, 4.69) is 26.0 Å². The van der Waals surface area contributed by atoms with Gasteiger partial charge in [-0.05, 0) is 47.1 Å². The summed E-state index contributed by atoms with van der Waals surface area (Å²) in [6, 6.07) is 7.64. The Hall–Kier alpha value is -1.62. The summed E-state index contributed by atoms with van der Waals surface area (Å²) in [5.74, 6) is 1.64. The van der Waals surface area contributed by atoms with Gasteiger partial charge in [0, 0.05) is 0 Å². The highest BCUT2D eigenvalue weighted by atomic mass is 79.9. The number of nitrogens with zero attached hydrogens (tertiary/aromatic N) is 3. The number of aryl methyl sites for hydroxylation is 1. The molecule has 0 saturated carbocycles. The molecule has 3 aromatic heterocycles. The van der Waals surface area contributed by atoms with E-state index in [1.165, 1.54) is 0 Å². The van der Waals surface area contributed by atoms with Gasteiger partial charge in [-0.15, -0.1) is 0 Å². The number of hydrogen-bond acceptors (Lipinski definition) is 3. The average molecular weight is 278 g/mol. The molecule has 3 heterocycles. The Morgan fingerprint density at radius 2 is 2.12 bits per heavy atom. The number of aromatic nitrogens is 3. The molecule has 0 N–H and O–H groups in total. The molecule has 0 aromatic carbocycles. The maximum Gasteiger partial charge on any atom is 0.154 e. The number of fused-ring (bicyclic) bond motifs is 1. The lowest BCUT2D eigenvalue weighted by atomic mass is 10.3. The Morgan fingerprint density at radius 1 is 1.25 bits per heavy atom. The first-order valence-corrected chi connectivity index (χ1v) is 5.60. The van der Waals surface area contributed by atoms with Crippen LogP contribution < -0.4 is 0 Å². The monoisotopic (exact) mass is 277 g/mol. The molecule has 80 valence electrons. The number of halogens is 1. The van der Waals surface area contributed by atoms with Crippen LogP contribution in [0.4, 0.5) is 0 Å². The molecule has 3 aromatic rings. The first-order valence-electron chi connectivity index (χ1n) is 4.81. The molecule has 0 bridgehead atoms. The predicted molar refractivity (Wildman–Crippen MR) is 63.1 cm³/mol. The van der Waals surface area contributed by atoms with Gasteiger partial charge in [-0.3, -0.25) is 0 Å². The van der Waals surface area contributed by atoms with Crippen LogP contribution in [0.3, 0.4) is 0 Å². The van der Waals surface area contributed by atoms with E-state index < -0.39 is 0 Å². The van der Waals surface area contributed by atoms with Crippen LogP contribution in [0.25, 0.3) is 17.1 Å². The maximum absolute atomic E-state index is 5.52. The quantitative estimate of drug-likeness (QED) is 0.687. The van der Waals surface area contributed by atoms with E-state index in [0.29, 0.717) is 0 Å². The topological polar surface area (TPSA) is 43.3 Å². The molecule has 16 heavy (non-hydrogen) atoms. The van der Waals surface area contributed by atoms with Crippen molar-refractivity contribution in [2.24, 2.45) is 0 Å². The third-order valence-corrected chi connectivity index (χ3v) is 2.85. The number of furan rings is 1. The van der Waals surface area contributed by atoms with Crippen molar-refractivity contribution < 1.29 is 4.42 Å². The Kier molecular flexibility index (Phi) is 2.07. The number of rotatable bonds is 1. The van der Waals surface area contributed by atoms with Crippen LogP contribution in [-0.4, -0.2) is 14.6 Å². The van der Waals surface area contributed by atoms with Gasteiger partial charge in [-0.25, -0.2) is 9.50 Å². The lowest BCUT2D eigenvalue weighted by Gasteiger charge is -1.98. The molecule has 0 aliphatic carbocycles. The van der Waals surface area contributed by atoms with E-state index in [4.69, 9.17) is 4.42 Å². The van der Waals surface area contributed by atoms with Gasteiger partial charge < -0.3 is 4.42 Å². The van der Waals surface area contributed by atoms with Gasteiger partial charge in [-0.1, -0.05) is 0 Å². The third kappa shape index (κ3) is 1.44. The van der Waals surface area contributed by atoms with E-state index in [0.717, 1.165) is 27.5 Å². The van der Waals surface area contributed by atoms with Crippen molar-refractivity contribution in [3.05, 3.63) is 40.8 Å².